The Hall–Kier alpha value is -0.530. The van der Waals surface area contributed by atoms with Crippen molar-refractivity contribution in [1.82, 2.24) is 0 Å². The van der Waals surface area contributed by atoms with Crippen LogP contribution in [-0.4, -0.2) is 11.6 Å². The predicted molar refractivity (Wildman–Crippen MR) is 66.7 cm³/mol. The van der Waals surface area contributed by atoms with Gasteiger partial charge in [0.05, 0.1) is 0 Å². The highest BCUT2D eigenvalue weighted by Gasteiger charge is 2.67. The maximum absolute atomic E-state index is 12.1. The summed E-state index contributed by atoms with van der Waals surface area (Å²) < 4.78 is 5.76. The summed E-state index contributed by atoms with van der Waals surface area (Å²) in [6.45, 7) is 0. The third kappa shape index (κ3) is 1.63. The van der Waals surface area contributed by atoms with Crippen LogP contribution in [0.3, 0.4) is 0 Å². The molecule has 0 amide bonds. The van der Waals surface area contributed by atoms with Gasteiger partial charge in [-0.3, -0.25) is 4.79 Å². The van der Waals surface area contributed by atoms with Gasteiger partial charge in [0.2, 0.25) is 0 Å². The molecule has 1 aliphatic heterocycles. The number of carbonyl (C=O) groups is 1. The van der Waals surface area contributed by atoms with Crippen LogP contribution in [0.15, 0.2) is 0 Å². The number of ether oxygens (including phenoxy) is 1. The molecule has 2 heteroatoms. The molecule has 0 radical (unpaired) electrons. The lowest BCUT2D eigenvalue weighted by Crippen LogP contribution is -2.66. The molecule has 0 aromatic heterocycles. The molecule has 0 bridgehead atoms. The van der Waals surface area contributed by atoms with Gasteiger partial charge in [0, 0.05) is 0 Å². The van der Waals surface area contributed by atoms with E-state index in [0.717, 1.165) is 25.7 Å². The van der Waals surface area contributed by atoms with Gasteiger partial charge in [-0.05, 0) is 38.5 Å². The van der Waals surface area contributed by atoms with Crippen LogP contribution in [0, 0.1) is 5.41 Å². The predicted octanol–water partition coefficient (Wildman–Crippen LogP) is 3.98. The fraction of sp³-hybridized carbons (Fsp3) is 0.933. The molecule has 2 aliphatic carbocycles. The Morgan fingerprint density at radius 2 is 1.18 bits per heavy atom. The van der Waals surface area contributed by atoms with Crippen LogP contribution in [0.4, 0.5) is 0 Å². The highest BCUT2D eigenvalue weighted by atomic mass is 16.6. The Morgan fingerprint density at radius 3 is 1.65 bits per heavy atom. The SMILES string of the molecule is O=C1OC2(CCCCCC2)C12CCCCCC2. The number of fused-ring (bicyclic) bond motifs is 1. The van der Waals surface area contributed by atoms with E-state index in [-0.39, 0.29) is 17.0 Å². The van der Waals surface area contributed by atoms with Crippen LogP contribution in [0.5, 0.6) is 0 Å². The van der Waals surface area contributed by atoms with E-state index in [0.29, 0.717) is 0 Å². The van der Waals surface area contributed by atoms with Gasteiger partial charge < -0.3 is 4.74 Å². The summed E-state index contributed by atoms with van der Waals surface area (Å²) in [5, 5.41) is 0. The number of hydrogen-bond acceptors (Lipinski definition) is 2. The summed E-state index contributed by atoms with van der Waals surface area (Å²) >= 11 is 0. The van der Waals surface area contributed by atoms with Gasteiger partial charge in [-0.25, -0.2) is 0 Å². The van der Waals surface area contributed by atoms with Gasteiger partial charge in [-0.1, -0.05) is 38.5 Å². The zero-order valence-electron chi connectivity index (χ0n) is 10.8. The van der Waals surface area contributed by atoms with E-state index in [1.165, 1.54) is 51.4 Å². The van der Waals surface area contributed by atoms with E-state index >= 15 is 0 Å². The molecule has 3 fully saturated rings. The van der Waals surface area contributed by atoms with Crippen LogP contribution in [-0.2, 0) is 9.53 Å². The first-order valence-corrected chi connectivity index (χ1v) is 7.53. The first-order valence-electron chi connectivity index (χ1n) is 7.53. The van der Waals surface area contributed by atoms with Gasteiger partial charge in [0.15, 0.2) is 0 Å². The van der Waals surface area contributed by atoms with E-state index < -0.39 is 0 Å². The van der Waals surface area contributed by atoms with Crippen molar-refractivity contribution < 1.29 is 9.53 Å². The van der Waals surface area contributed by atoms with Gasteiger partial charge >= 0.3 is 5.97 Å². The fourth-order valence-corrected chi connectivity index (χ4v) is 4.38. The topological polar surface area (TPSA) is 26.3 Å². The summed E-state index contributed by atoms with van der Waals surface area (Å²) in [7, 11) is 0. The number of carbonyl (C=O) groups excluding carboxylic acids is 1. The Balaban J connectivity index is 1.86. The Labute approximate surface area is 104 Å². The molecule has 0 unspecified atom stereocenters. The third-order valence-corrected chi connectivity index (χ3v) is 5.42. The van der Waals surface area contributed by atoms with E-state index in [1.807, 2.05) is 0 Å². The number of rotatable bonds is 0. The average molecular weight is 236 g/mol. The van der Waals surface area contributed by atoms with Gasteiger partial charge in [-0.15, -0.1) is 0 Å². The van der Waals surface area contributed by atoms with Crippen LogP contribution in [0.25, 0.3) is 0 Å². The smallest absolute Gasteiger partial charge is 0.316 e. The van der Waals surface area contributed by atoms with Crippen LogP contribution in [0.2, 0.25) is 0 Å². The first kappa shape index (κ1) is 11.6. The van der Waals surface area contributed by atoms with Crippen molar-refractivity contribution >= 4 is 5.97 Å². The van der Waals surface area contributed by atoms with Crippen LogP contribution < -0.4 is 0 Å². The maximum Gasteiger partial charge on any atom is 0.316 e. The van der Waals surface area contributed by atoms with Crippen molar-refractivity contribution in [2.45, 2.75) is 82.7 Å². The monoisotopic (exact) mass is 236 g/mol. The lowest BCUT2D eigenvalue weighted by atomic mass is 9.59. The van der Waals surface area contributed by atoms with Gasteiger partial charge in [0.1, 0.15) is 11.0 Å². The summed E-state index contributed by atoms with van der Waals surface area (Å²) in [4.78, 5) is 12.1. The molecule has 0 atom stereocenters. The number of esters is 1. The maximum atomic E-state index is 12.1. The second-order valence-corrected chi connectivity index (χ2v) is 6.29. The molecule has 2 spiro atoms. The van der Waals surface area contributed by atoms with E-state index in [1.54, 1.807) is 0 Å². The molecule has 0 aromatic carbocycles. The second-order valence-electron chi connectivity index (χ2n) is 6.29. The van der Waals surface area contributed by atoms with Crippen LogP contribution in [0.1, 0.15) is 77.0 Å². The van der Waals surface area contributed by atoms with Crippen molar-refractivity contribution in [2.75, 3.05) is 0 Å². The Morgan fingerprint density at radius 1 is 0.706 bits per heavy atom. The molecule has 2 nitrogen and oxygen atoms in total. The minimum absolute atomic E-state index is 0.0368. The standard InChI is InChI=1S/C15H24O2/c16-13-14(9-5-1-2-6-10-14)15(17-13)11-7-3-4-8-12-15/h1-12H2. The van der Waals surface area contributed by atoms with E-state index in [9.17, 15) is 4.79 Å². The fourth-order valence-electron chi connectivity index (χ4n) is 4.38. The quantitative estimate of drug-likeness (QED) is 0.595. The molecule has 17 heavy (non-hydrogen) atoms. The Kier molecular flexibility index (Phi) is 2.92. The summed E-state index contributed by atoms with van der Waals surface area (Å²) in [6, 6.07) is 0. The molecular weight excluding hydrogens is 212 g/mol. The molecule has 3 aliphatic rings. The molecule has 0 aromatic rings. The summed E-state index contributed by atoms with van der Waals surface area (Å²) in [5.41, 5.74) is -0.0984. The van der Waals surface area contributed by atoms with Crippen molar-refractivity contribution in [3.8, 4) is 0 Å². The molecule has 96 valence electrons. The van der Waals surface area contributed by atoms with E-state index in [4.69, 9.17) is 4.74 Å². The normalized spacial score (nSPS) is 31.4. The minimum atomic E-state index is -0.0617. The molecule has 1 heterocycles. The van der Waals surface area contributed by atoms with Crippen molar-refractivity contribution in [3.63, 3.8) is 0 Å². The zero-order valence-corrected chi connectivity index (χ0v) is 10.8. The van der Waals surface area contributed by atoms with Gasteiger partial charge in [0.25, 0.3) is 0 Å². The average Bonchev–Trinajstić information content (AvgIpc) is 2.71. The molecular formula is C15H24O2. The lowest BCUT2D eigenvalue weighted by Gasteiger charge is -2.57. The minimum Gasteiger partial charge on any atom is -0.457 e. The second kappa shape index (κ2) is 4.29. The zero-order chi connectivity index (χ0) is 11.8. The van der Waals surface area contributed by atoms with Gasteiger partial charge in [-0.2, -0.15) is 0 Å². The molecule has 1 saturated heterocycles. The third-order valence-electron chi connectivity index (χ3n) is 5.42. The summed E-state index contributed by atoms with van der Waals surface area (Å²) in [5.74, 6) is 0.140. The molecule has 2 saturated carbocycles. The summed E-state index contributed by atoms with van der Waals surface area (Å²) in [6.07, 6.45) is 14.7. The van der Waals surface area contributed by atoms with Crippen molar-refractivity contribution in [2.24, 2.45) is 5.41 Å². The number of hydrogen-bond donors (Lipinski definition) is 0. The highest BCUT2D eigenvalue weighted by molar-refractivity contribution is 5.85. The lowest BCUT2D eigenvalue weighted by molar-refractivity contribution is -0.251. The molecule has 3 rings (SSSR count). The van der Waals surface area contributed by atoms with E-state index in [2.05, 4.69) is 0 Å². The first-order chi connectivity index (χ1) is 8.29. The van der Waals surface area contributed by atoms with Crippen LogP contribution >= 0.6 is 0 Å². The Bertz CT molecular complexity index is 292. The highest BCUT2D eigenvalue weighted by Crippen LogP contribution is 2.59. The largest absolute Gasteiger partial charge is 0.457 e. The molecule has 0 N–H and O–H groups in total. The van der Waals surface area contributed by atoms with Crippen molar-refractivity contribution in [1.29, 1.82) is 0 Å². The van der Waals surface area contributed by atoms with Crippen molar-refractivity contribution in [3.05, 3.63) is 0 Å².